The molecule has 0 bridgehead atoms. The highest BCUT2D eigenvalue weighted by Gasteiger charge is 2.14. The molecule has 78 valence electrons. The molecule has 1 aromatic carbocycles. The maximum Gasteiger partial charge on any atom is 0.122 e. The fraction of sp³-hybridized carbons (Fsp3) is 0.500. The molecule has 1 nitrogen and oxygen atoms in total. The first kappa shape index (κ1) is 11.0. The van der Waals surface area contributed by atoms with E-state index in [2.05, 4.69) is 0 Å². The Hall–Kier alpha value is -1.05. The number of aromatic hydroxyl groups is 1. The van der Waals surface area contributed by atoms with Gasteiger partial charge in [-0.25, -0.2) is 0 Å². The van der Waals surface area contributed by atoms with Crippen LogP contribution in [-0.4, -0.2) is 11.8 Å². The first-order valence-corrected chi connectivity index (χ1v) is 4.95. The zero-order chi connectivity index (χ0) is 10.7. The maximum absolute atomic E-state index is 12.5. The highest BCUT2D eigenvalue weighted by atomic mass is 19.1. The molecule has 1 aromatic rings. The van der Waals surface area contributed by atoms with Gasteiger partial charge in [-0.15, -0.1) is 0 Å². The molecule has 0 spiro atoms. The van der Waals surface area contributed by atoms with Crippen molar-refractivity contribution < 1.29 is 9.50 Å². The van der Waals surface area contributed by atoms with Crippen molar-refractivity contribution >= 4 is 0 Å². The van der Waals surface area contributed by atoms with Gasteiger partial charge in [0, 0.05) is 5.92 Å². The van der Waals surface area contributed by atoms with Crippen molar-refractivity contribution in [3.8, 4) is 5.75 Å². The largest absolute Gasteiger partial charge is 0.507 e. The standard InChI is InChI=1S/C12H17FO/c1-8(2)10-5-4-6-11(12(10)14)9(3)7-13/h4-6,8-9,14H,7H2,1-3H3. The third-order valence-corrected chi connectivity index (χ3v) is 2.48. The normalized spacial score (nSPS) is 13.2. The van der Waals surface area contributed by atoms with Gasteiger partial charge in [0.15, 0.2) is 0 Å². The summed E-state index contributed by atoms with van der Waals surface area (Å²) >= 11 is 0. The predicted molar refractivity (Wildman–Crippen MR) is 56.6 cm³/mol. The molecule has 0 heterocycles. The molecule has 0 saturated carbocycles. The van der Waals surface area contributed by atoms with Crippen LogP contribution in [0.15, 0.2) is 18.2 Å². The van der Waals surface area contributed by atoms with Gasteiger partial charge in [-0.1, -0.05) is 39.0 Å². The van der Waals surface area contributed by atoms with Crippen LogP contribution in [0.1, 0.15) is 43.7 Å². The number of hydrogen-bond acceptors (Lipinski definition) is 1. The van der Waals surface area contributed by atoms with E-state index >= 15 is 0 Å². The second-order valence-electron chi connectivity index (χ2n) is 4.00. The number of phenolic OH excluding ortho intramolecular Hbond substituents is 1. The average Bonchev–Trinajstić information content (AvgIpc) is 2.16. The minimum absolute atomic E-state index is 0.228. The van der Waals surface area contributed by atoms with Crippen LogP contribution in [0.3, 0.4) is 0 Å². The van der Waals surface area contributed by atoms with Crippen LogP contribution in [0.25, 0.3) is 0 Å². The molecule has 1 unspecified atom stereocenters. The molecule has 14 heavy (non-hydrogen) atoms. The quantitative estimate of drug-likeness (QED) is 0.783. The maximum atomic E-state index is 12.5. The lowest BCUT2D eigenvalue weighted by atomic mass is 9.94. The Morgan fingerprint density at radius 3 is 2.29 bits per heavy atom. The number of hydrogen-bond donors (Lipinski definition) is 1. The van der Waals surface area contributed by atoms with E-state index in [9.17, 15) is 9.50 Å². The van der Waals surface area contributed by atoms with Crippen LogP contribution in [0.5, 0.6) is 5.75 Å². The van der Waals surface area contributed by atoms with E-state index < -0.39 is 6.67 Å². The van der Waals surface area contributed by atoms with E-state index in [1.807, 2.05) is 26.0 Å². The van der Waals surface area contributed by atoms with Gasteiger partial charge in [0.2, 0.25) is 0 Å². The van der Waals surface area contributed by atoms with E-state index in [0.717, 1.165) is 5.56 Å². The van der Waals surface area contributed by atoms with Gasteiger partial charge in [0.05, 0.1) is 6.67 Å². The number of halogens is 1. The van der Waals surface area contributed by atoms with Crippen molar-refractivity contribution in [1.29, 1.82) is 0 Å². The number of alkyl halides is 1. The van der Waals surface area contributed by atoms with E-state index in [1.165, 1.54) is 0 Å². The Morgan fingerprint density at radius 2 is 1.79 bits per heavy atom. The molecule has 0 aliphatic heterocycles. The number of rotatable bonds is 3. The Labute approximate surface area is 84.6 Å². The minimum Gasteiger partial charge on any atom is -0.507 e. The number of para-hydroxylation sites is 1. The van der Waals surface area contributed by atoms with Crippen molar-refractivity contribution in [2.24, 2.45) is 0 Å². The molecule has 1 N–H and O–H groups in total. The molecule has 0 amide bonds. The van der Waals surface area contributed by atoms with Gasteiger partial charge in [0.25, 0.3) is 0 Å². The lowest BCUT2D eigenvalue weighted by molar-refractivity contribution is 0.418. The van der Waals surface area contributed by atoms with Gasteiger partial charge in [-0.2, -0.15) is 0 Å². The second kappa shape index (κ2) is 4.45. The first-order chi connectivity index (χ1) is 6.57. The van der Waals surface area contributed by atoms with E-state index in [-0.39, 0.29) is 17.6 Å². The minimum atomic E-state index is -0.435. The lowest BCUT2D eigenvalue weighted by Crippen LogP contribution is -1.99. The third kappa shape index (κ3) is 2.06. The smallest absolute Gasteiger partial charge is 0.122 e. The van der Waals surface area contributed by atoms with Gasteiger partial charge >= 0.3 is 0 Å². The van der Waals surface area contributed by atoms with Crippen molar-refractivity contribution in [3.05, 3.63) is 29.3 Å². The van der Waals surface area contributed by atoms with Crippen LogP contribution >= 0.6 is 0 Å². The summed E-state index contributed by atoms with van der Waals surface area (Å²) in [5, 5.41) is 9.89. The number of phenols is 1. The number of benzene rings is 1. The van der Waals surface area contributed by atoms with Crippen LogP contribution in [0, 0.1) is 0 Å². The van der Waals surface area contributed by atoms with E-state index in [1.54, 1.807) is 13.0 Å². The summed E-state index contributed by atoms with van der Waals surface area (Å²) in [4.78, 5) is 0. The summed E-state index contributed by atoms with van der Waals surface area (Å²) in [7, 11) is 0. The first-order valence-electron chi connectivity index (χ1n) is 4.95. The molecule has 2 heteroatoms. The molecule has 1 atom stereocenters. The molecular weight excluding hydrogens is 179 g/mol. The Morgan fingerprint density at radius 1 is 1.21 bits per heavy atom. The summed E-state index contributed by atoms with van der Waals surface area (Å²) in [5.41, 5.74) is 1.60. The molecule has 0 aliphatic rings. The van der Waals surface area contributed by atoms with Crippen LogP contribution in [0.4, 0.5) is 4.39 Å². The Kier molecular flexibility index (Phi) is 3.50. The second-order valence-corrected chi connectivity index (χ2v) is 4.00. The van der Waals surface area contributed by atoms with Crippen LogP contribution in [-0.2, 0) is 0 Å². The molecule has 0 aliphatic carbocycles. The molecule has 0 radical (unpaired) electrons. The Balaban J connectivity index is 3.13. The molecular formula is C12H17FO. The zero-order valence-electron chi connectivity index (χ0n) is 8.92. The van der Waals surface area contributed by atoms with Gasteiger partial charge in [-0.05, 0) is 17.0 Å². The summed E-state index contributed by atoms with van der Waals surface area (Å²) < 4.78 is 12.5. The summed E-state index contributed by atoms with van der Waals surface area (Å²) in [5.74, 6) is 0.295. The van der Waals surface area contributed by atoms with Crippen LogP contribution < -0.4 is 0 Å². The monoisotopic (exact) mass is 196 g/mol. The third-order valence-electron chi connectivity index (χ3n) is 2.48. The van der Waals surface area contributed by atoms with Crippen molar-refractivity contribution in [2.75, 3.05) is 6.67 Å². The highest BCUT2D eigenvalue weighted by molar-refractivity contribution is 5.43. The average molecular weight is 196 g/mol. The topological polar surface area (TPSA) is 20.2 Å². The molecule has 0 fully saturated rings. The molecule has 0 aromatic heterocycles. The summed E-state index contributed by atoms with van der Waals surface area (Å²) in [6.45, 7) is 5.37. The predicted octanol–water partition coefficient (Wildman–Crippen LogP) is 3.59. The molecule has 1 rings (SSSR count). The van der Waals surface area contributed by atoms with E-state index in [4.69, 9.17) is 0 Å². The van der Waals surface area contributed by atoms with Crippen molar-refractivity contribution in [1.82, 2.24) is 0 Å². The molecule has 0 saturated heterocycles. The fourth-order valence-corrected chi connectivity index (χ4v) is 1.53. The van der Waals surface area contributed by atoms with Gasteiger partial charge in [-0.3, -0.25) is 4.39 Å². The van der Waals surface area contributed by atoms with Gasteiger partial charge in [0.1, 0.15) is 5.75 Å². The lowest BCUT2D eigenvalue weighted by Gasteiger charge is -2.15. The van der Waals surface area contributed by atoms with E-state index in [0.29, 0.717) is 5.56 Å². The SMILES string of the molecule is CC(C)c1cccc(C(C)CF)c1O. The Bertz CT molecular complexity index is 307. The van der Waals surface area contributed by atoms with Gasteiger partial charge < -0.3 is 5.11 Å². The van der Waals surface area contributed by atoms with Crippen LogP contribution in [0.2, 0.25) is 0 Å². The zero-order valence-corrected chi connectivity index (χ0v) is 8.92. The highest BCUT2D eigenvalue weighted by Crippen LogP contribution is 2.33. The van der Waals surface area contributed by atoms with Crippen molar-refractivity contribution in [3.63, 3.8) is 0 Å². The summed E-state index contributed by atoms with van der Waals surface area (Å²) in [6, 6.07) is 5.54. The fourth-order valence-electron chi connectivity index (χ4n) is 1.53. The summed E-state index contributed by atoms with van der Waals surface area (Å²) in [6.07, 6.45) is 0. The van der Waals surface area contributed by atoms with Crippen molar-refractivity contribution in [2.45, 2.75) is 32.6 Å².